The van der Waals surface area contributed by atoms with Gasteiger partial charge in [0.2, 0.25) is 0 Å². The number of benzene rings is 1. The molecule has 4 rings (SSSR count). The van der Waals surface area contributed by atoms with Crippen LogP contribution < -0.4 is 11.0 Å². The largest absolute Gasteiger partial charge is 0.422 e. The maximum Gasteiger partial charge on any atom is 0.384 e. The molecule has 0 aliphatic carbocycles. The third-order valence-electron chi connectivity index (χ3n) is 4.82. The molecule has 1 fully saturated rings. The Morgan fingerprint density at radius 1 is 1.15 bits per heavy atom. The van der Waals surface area contributed by atoms with E-state index in [-0.39, 0.29) is 5.65 Å². The summed E-state index contributed by atoms with van der Waals surface area (Å²) >= 11 is 0. The number of hydrogen-bond donors (Lipinski definition) is 2. The molecule has 2 N–H and O–H groups in total. The van der Waals surface area contributed by atoms with Crippen molar-refractivity contribution in [3.05, 3.63) is 58.6 Å². The summed E-state index contributed by atoms with van der Waals surface area (Å²) < 4.78 is 0.463. The fraction of sp³-hybridized carbons (Fsp3) is 0.316. The number of piperazine rings is 1. The van der Waals surface area contributed by atoms with Gasteiger partial charge >= 0.3 is 5.69 Å². The van der Waals surface area contributed by atoms with Crippen molar-refractivity contribution in [1.29, 1.82) is 0 Å². The van der Waals surface area contributed by atoms with Crippen LogP contribution in [0.1, 0.15) is 5.56 Å². The van der Waals surface area contributed by atoms with Crippen LogP contribution in [0.5, 0.6) is 0 Å². The molecule has 1 aliphatic heterocycles. The van der Waals surface area contributed by atoms with E-state index >= 15 is 0 Å². The summed E-state index contributed by atoms with van der Waals surface area (Å²) in [6.07, 6.45) is 1.52. The average molecular weight is 366 g/mol. The number of rotatable bonds is 4. The zero-order chi connectivity index (χ0) is 18.8. The van der Waals surface area contributed by atoms with E-state index in [1.165, 1.54) is 11.8 Å². The smallest absolute Gasteiger partial charge is 0.384 e. The molecule has 8 heteroatoms. The second kappa shape index (κ2) is 7.34. The van der Waals surface area contributed by atoms with Gasteiger partial charge in [0.25, 0.3) is 0 Å². The van der Waals surface area contributed by atoms with Crippen LogP contribution in [0.3, 0.4) is 0 Å². The quantitative estimate of drug-likeness (QED) is 0.677. The van der Waals surface area contributed by atoms with Crippen LogP contribution in [-0.2, 0) is 6.54 Å². The average Bonchev–Trinajstić information content (AvgIpc) is 2.68. The van der Waals surface area contributed by atoms with Gasteiger partial charge in [0.05, 0.1) is 5.39 Å². The Kier molecular flexibility index (Phi) is 4.74. The molecule has 140 valence electrons. The van der Waals surface area contributed by atoms with E-state index in [0.29, 0.717) is 15.9 Å². The lowest BCUT2D eigenvalue weighted by Crippen LogP contribution is -2.43. The molecular weight excluding hydrogens is 344 g/mol. The first-order chi connectivity index (χ1) is 13.1. The monoisotopic (exact) mass is 366 g/mol. The summed E-state index contributed by atoms with van der Waals surface area (Å²) in [5.74, 6) is 0.380. The first-order valence-electron chi connectivity index (χ1n) is 8.94. The van der Waals surface area contributed by atoms with Crippen LogP contribution in [0.25, 0.3) is 11.0 Å². The SMILES string of the molecule is CN1CCN(Cc2cccc(Nc3nc(=O)n(O)c4ncccc34)c2)CC1. The summed E-state index contributed by atoms with van der Waals surface area (Å²) in [5.41, 5.74) is 1.45. The third kappa shape index (κ3) is 3.76. The van der Waals surface area contributed by atoms with E-state index in [4.69, 9.17) is 0 Å². The molecule has 3 heterocycles. The van der Waals surface area contributed by atoms with Crippen molar-refractivity contribution in [3.8, 4) is 0 Å². The van der Waals surface area contributed by atoms with Crippen molar-refractivity contribution in [3.63, 3.8) is 0 Å². The molecule has 1 aliphatic rings. The van der Waals surface area contributed by atoms with E-state index in [2.05, 4.69) is 44.3 Å². The molecule has 27 heavy (non-hydrogen) atoms. The Labute approximate surface area is 156 Å². The number of hydrogen-bond acceptors (Lipinski definition) is 7. The van der Waals surface area contributed by atoms with Crippen LogP contribution in [0.4, 0.5) is 11.5 Å². The van der Waals surface area contributed by atoms with Gasteiger partial charge in [-0.1, -0.05) is 12.1 Å². The molecule has 1 saturated heterocycles. The van der Waals surface area contributed by atoms with Crippen molar-refractivity contribution in [1.82, 2.24) is 24.5 Å². The van der Waals surface area contributed by atoms with Crippen LogP contribution in [0.15, 0.2) is 47.4 Å². The highest BCUT2D eigenvalue weighted by Crippen LogP contribution is 2.22. The highest BCUT2D eigenvalue weighted by atomic mass is 16.5. The van der Waals surface area contributed by atoms with Gasteiger partial charge in [0.15, 0.2) is 5.65 Å². The topological polar surface area (TPSA) is 86.5 Å². The lowest BCUT2D eigenvalue weighted by molar-refractivity contribution is 0.148. The van der Waals surface area contributed by atoms with Crippen LogP contribution in [0.2, 0.25) is 0 Å². The van der Waals surface area contributed by atoms with Crippen LogP contribution in [0, 0.1) is 0 Å². The number of fused-ring (bicyclic) bond motifs is 1. The summed E-state index contributed by atoms with van der Waals surface area (Å²) in [5, 5.41) is 13.6. The highest BCUT2D eigenvalue weighted by Gasteiger charge is 2.14. The first-order valence-corrected chi connectivity index (χ1v) is 8.94. The number of aromatic nitrogens is 3. The summed E-state index contributed by atoms with van der Waals surface area (Å²) in [6, 6.07) is 11.6. The van der Waals surface area contributed by atoms with Gasteiger partial charge < -0.3 is 15.4 Å². The zero-order valence-corrected chi connectivity index (χ0v) is 15.2. The van der Waals surface area contributed by atoms with E-state index in [9.17, 15) is 10.0 Å². The Hall–Kier alpha value is -2.97. The van der Waals surface area contributed by atoms with Crippen molar-refractivity contribution in [2.75, 3.05) is 38.5 Å². The second-order valence-electron chi connectivity index (χ2n) is 6.83. The fourth-order valence-electron chi connectivity index (χ4n) is 3.29. The Bertz CT molecular complexity index is 1010. The minimum Gasteiger partial charge on any atom is -0.422 e. The van der Waals surface area contributed by atoms with E-state index in [1.54, 1.807) is 12.1 Å². The van der Waals surface area contributed by atoms with Gasteiger partial charge in [0, 0.05) is 44.6 Å². The van der Waals surface area contributed by atoms with E-state index < -0.39 is 5.69 Å². The van der Waals surface area contributed by atoms with Gasteiger partial charge in [-0.15, -0.1) is 4.73 Å². The lowest BCUT2D eigenvalue weighted by Gasteiger charge is -2.32. The van der Waals surface area contributed by atoms with E-state index in [1.807, 2.05) is 12.1 Å². The molecule has 2 aromatic heterocycles. The van der Waals surface area contributed by atoms with Crippen LogP contribution >= 0.6 is 0 Å². The normalized spacial score (nSPS) is 15.9. The molecule has 0 unspecified atom stereocenters. The molecule has 3 aromatic rings. The number of pyridine rings is 1. The first kappa shape index (κ1) is 17.4. The summed E-state index contributed by atoms with van der Waals surface area (Å²) in [6.45, 7) is 5.16. The number of anilines is 2. The fourth-order valence-corrected chi connectivity index (χ4v) is 3.29. The molecule has 8 nitrogen and oxygen atoms in total. The van der Waals surface area contributed by atoms with Crippen molar-refractivity contribution < 1.29 is 5.21 Å². The standard InChI is InChI=1S/C19H22N6O2/c1-23-8-10-24(11-9-23)13-14-4-2-5-15(12-14)21-17-16-6-3-7-20-18(16)25(27)19(26)22-17/h2-7,12,27H,8-11,13H2,1H3,(H,21,22,26). The lowest BCUT2D eigenvalue weighted by atomic mass is 10.1. The summed E-state index contributed by atoms with van der Waals surface area (Å²) in [7, 11) is 2.15. The van der Waals surface area contributed by atoms with E-state index in [0.717, 1.165) is 38.4 Å². The Morgan fingerprint density at radius 2 is 1.96 bits per heavy atom. The Balaban J connectivity index is 1.58. The minimum atomic E-state index is -0.766. The molecule has 0 amide bonds. The molecule has 0 atom stereocenters. The number of nitrogens with zero attached hydrogens (tertiary/aromatic N) is 5. The predicted octanol–water partition coefficient (Wildman–Crippen LogP) is 1.52. The van der Waals surface area contributed by atoms with Gasteiger partial charge in [-0.25, -0.2) is 9.78 Å². The number of nitrogens with one attached hydrogen (secondary N) is 1. The molecule has 0 radical (unpaired) electrons. The Morgan fingerprint density at radius 3 is 2.78 bits per heavy atom. The molecule has 0 bridgehead atoms. The highest BCUT2D eigenvalue weighted by molar-refractivity contribution is 5.88. The molecule has 1 aromatic carbocycles. The maximum absolute atomic E-state index is 11.9. The molecule has 0 spiro atoms. The van der Waals surface area contributed by atoms with Crippen LogP contribution in [-0.4, -0.2) is 62.9 Å². The van der Waals surface area contributed by atoms with Gasteiger partial charge in [-0.2, -0.15) is 4.98 Å². The predicted molar refractivity (Wildman–Crippen MR) is 103 cm³/mol. The molecule has 0 saturated carbocycles. The maximum atomic E-state index is 11.9. The van der Waals surface area contributed by atoms with Crippen molar-refractivity contribution in [2.24, 2.45) is 0 Å². The van der Waals surface area contributed by atoms with Gasteiger partial charge in [-0.3, -0.25) is 4.90 Å². The molecular formula is C19H22N6O2. The second-order valence-corrected chi connectivity index (χ2v) is 6.83. The summed E-state index contributed by atoms with van der Waals surface area (Å²) in [4.78, 5) is 24.7. The third-order valence-corrected chi connectivity index (χ3v) is 4.82. The minimum absolute atomic E-state index is 0.175. The zero-order valence-electron chi connectivity index (χ0n) is 15.2. The number of likely N-dealkylation sites (N-methyl/N-ethyl adjacent to an activating group) is 1. The van der Waals surface area contributed by atoms with Gasteiger partial charge in [0.1, 0.15) is 5.82 Å². The van der Waals surface area contributed by atoms with Crippen molar-refractivity contribution >= 4 is 22.5 Å². The van der Waals surface area contributed by atoms with Crippen molar-refractivity contribution in [2.45, 2.75) is 6.54 Å². The van der Waals surface area contributed by atoms with Gasteiger partial charge in [-0.05, 0) is 36.9 Å².